The van der Waals surface area contributed by atoms with Crippen molar-refractivity contribution in [1.29, 1.82) is 0 Å². The lowest BCUT2D eigenvalue weighted by molar-refractivity contribution is -0.147. The second-order valence-corrected chi connectivity index (χ2v) is 7.81. The Morgan fingerprint density at radius 3 is 1.74 bits per heavy atom. The molecule has 0 saturated carbocycles. The number of carboxylic acids is 1. The van der Waals surface area contributed by atoms with Crippen LogP contribution in [0.25, 0.3) is 0 Å². The smallest absolute Gasteiger partial charge is 0.309 e. The standard InChI is InChI=1S/C19H36O4/c1-18(2,17(21)22)14-10-6-8-12-16(20)13-9-7-11-15-19(3,4)23-5/h6-15H2,1-5H3,(H,21,22). The predicted octanol–water partition coefficient (Wildman–Crippen LogP) is 4.99. The monoisotopic (exact) mass is 328 g/mol. The van der Waals surface area contributed by atoms with Crippen LogP contribution in [0.2, 0.25) is 0 Å². The number of hydrogen-bond donors (Lipinski definition) is 1. The van der Waals surface area contributed by atoms with E-state index in [-0.39, 0.29) is 5.60 Å². The van der Waals surface area contributed by atoms with E-state index in [0.29, 0.717) is 25.0 Å². The number of rotatable bonds is 14. The van der Waals surface area contributed by atoms with Gasteiger partial charge in [-0.15, -0.1) is 0 Å². The number of carboxylic acid groups (broad SMARTS) is 1. The van der Waals surface area contributed by atoms with Crippen molar-refractivity contribution in [3.8, 4) is 0 Å². The number of Topliss-reactive ketones (excluding diaryl/α,β-unsaturated/α-hetero) is 1. The second-order valence-electron chi connectivity index (χ2n) is 7.81. The Morgan fingerprint density at radius 1 is 0.826 bits per heavy atom. The van der Waals surface area contributed by atoms with Crippen LogP contribution in [0.1, 0.15) is 91.9 Å². The van der Waals surface area contributed by atoms with Crippen molar-refractivity contribution in [2.75, 3.05) is 7.11 Å². The van der Waals surface area contributed by atoms with Crippen LogP contribution in [0.3, 0.4) is 0 Å². The van der Waals surface area contributed by atoms with Gasteiger partial charge in [-0.25, -0.2) is 0 Å². The van der Waals surface area contributed by atoms with E-state index in [1.165, 1.54) is 0 Å². The van der Waals surface area contributed by atoms with Crippen LogP contribution in [-0.4, -0.2) is 29.6 Å². The van der Waals surface area contributed by atoms with Gasteiger partial charge in [0.25, 0.3) is 0 Å². The summed E-state index contributed by atoms with van der Waals surface area (Å²) in [5.41, 5.74) is -0.715. The molecule has 0 spiro atoms. The van der Waals surface area contributed by atoms with E-state index in [0.717, 1.165) is 44.9 Å². The molecule has 0 unspecified atom stereocenters. The number of ketones is 1. The van der Waals surface area contributed by atoms with E-state index in [1.807, 2.05) is 0 Å². The molecule has 0 aliphatic heterocycles. The number of aliphatic carboxylic acids is 1. The third-order valence-corrected chi connectivity index (χ3v) is 4.62. The van der Waals surface area contributed by atoms with Crippen LogP contribution in [-0.2, 0) is 14.3 Å². The highest BCUT2D eigenvalue weighted by molar-refractivity contribution is 5.78. The summed E-state index contributed by atoms with van der Waals surface area (Å²) in [6.45, 7) is 7.68. The van der Waals surface area contributed by atoms with Gasteiger partial charge < -0.3 is 9.84 Å². The molecular weight excluding hydrogens is 292 g/mol. The fraction of sp³-hybridized carbons (Fsp3) is 0.895. The number of ether oxygens (including phenoxy) is 1. The maximum atomic E-state index is 11.8. The molecule has 0 amide bonds. The Bertz CT molecular complexity index is 358. The SMILES string of the molecule is COC(C)(C)CCCCCC(=O)CCCCCC(C)(C)C(=O)O. The summed E-state index contributed by atoms with van der Waals surface area (Å²) < 4.78 is 5.38. The van der Waals surface area contributed by atoms with Crippen molar-refractivity contribution >= 4 is 11.8 Å². The summed E-state index contributed by atoms with van der Waals surface area (Å²) in [6.07, 6.45) is 8.83. The van der Waals surface area contributed by atoms with Crippen molar-refractivity contribution < 1.29 is 19.4 Å². The second kappa shape index (κ2) is 10.8. The molecule has 0 aromatic heterocycles. The average Bonchev–Trinajstić information content (AvgIpc) is 2.46. The first-order chi connectivity index (χ1) is 10.6. The van der Waals surface area contributed by atoms with E-state index < -0.39 is 11.4 Å². The van der Waals surface area contributed by atoms with Crippen molar-refractivity contribution in [2.24, 2.45) is 5.41 Å². The first-order valence-electron chi connectivity index (χ1n) is 8.91. The molecule has 0 radical (unpaired) electrons. The van der Waals surface area contributed by atoms with Crippen molar-refractivity contribution in [2.45, 2.75) is 97.5 Å². The zero-order valence-electron chi connectivity index (χ0n) is 15.7. The third-order valence-electron chi connectivity index (χ3n) is 4.62. The minimum absolute atomic E-state index is 0.0618. The van der Waals surface area contributed by atoms with Gasteiger partial charge in [-0.2, -0.15) is 0 Å². The van der Waals surface area contributed by atoms with Gasteiger partial charge in [0.2, 0.25) is 0 Å². The highest BCUT2D eigenvalue weighted by atomic mass is 16.5. The highest BCUT2D eigenvalue weighted by Crippen LogP contribution is 2.24. The van der Waals surface area contributed by atoms with E-state index in [1.54, 1.807) is 21.0 Å². The molecule has 23 heavy (non-hydrogen) atoms. The van der Waals surface area contributed by atoms with Crippen LogP contribution in [0.5, 0.6) is 0 Å². The summed E-state index contributed by atoms with van der Waals surface area (Å²) in [6, 6.07) is 0. The number of hydrogen-bond acceptors (Lipinski definition) is 3. The predicted molar refractivity (Wildman–Crippen MR) is 93.7 cm³/mol. The Balaban J connectivity index is 3.57. The summed E-state index contributed by atoms with van der Waals surface area (Å²) in [5.74, 6) is -0.404. The fourth-order valence-electron chi connectivity index (χ4n) is 2.45. The maximum Gasteiger partial charge on any atom is 0.309 e. The Morgan fingerprint density at radius 2 is 1.30 bits per heavy atom. The van der Waals surface area contributed by atoms with E-state index in [2.05, 4.69) is 13.8 Å². The number of carbonyl (C=O) groups excluding carboxylic acids is 1. The molecule has 0 rings (SSSR count). The number of methoxy groups -OCH3 is 1. The molecule has 0 saturated heterocycles. The van der Waals surface area contributed by atoms with Crippen molar-refractivity contribution in [3.63, 3.8) is 0 Å². The molecule has 0 fully saturated rings. The topological polar surface area (TPSA) is 63.6 Å². The van der Waals surface area contributed by atoms with E-state index in [4.69, 9.17) is 9.84 Å². The Labute approximate surface area is 142 Å². The van der Waals surface area contributed by atoms with Crippen molar-refractivity contribution in [3.05, 3.63) is 0 Å². The molecular formula is C19H36O4. The molecule has 0 heterocycles. The normalized spacial score (nSPS) is 12.4. The molecule has 4 heteroatoms. The largest absolute Gasteiger partial charge is 0.481 e. The van der Waals surface area contributed by atoms with Crippen LogP contribution in [0.15, 0.2) is 0 Å². The average molecular weight is 328 g/mol. The Hall–Kier alpha value is -0.900. The molecule has 0 aliphatic carbocycles. The minimum Gasteiger partial charge on any atom is -0.481 e. The fourth-order valence-corrected chi connectivity index (χ4v) is 2.45. The molecule has 136 valence electrons. The first-order valence-corrected chi connectivity index (χ1v) is 8.91. The third kappa shape index (κ3) is 11.3. The number of carbonyl (C=O) groups is 2. The van der Waals surface area contributed by atoms with Gasteiger partial charge in [0.05, 0.1) is 11.0 Å². The van der Waals surface area contributed by atoms with Crippen LogP contribution >= 0.6 is 0 Å². The minimum atomic E-state index is -0.745. The Kier molecular flexibility index (Phi) is 10.4. The summed E-state index contributed by atoms with van der Waals surface area (Å²) in [5, 5.41) is 9.03. The molecule has 0 bridgehead atoms. The van der Waals surface area contributed by atoms with Crippen LogP contribution < -0.4 is 0 Å². The summed E-state index contributed by atoms with van der Waals surface area (Å²) in [7, 11) is 1.74. The van der Waals surface area contributed by atoms with Gasteiger partial charge in [-0.05, 0) is 53.4 Å². The quantitative estimate of drug-likeness (QED) is 0.456. The van der Waals surface area contributed by atoms with Gasteiger partial charge in [0.15, 0.2) is 0 Å². The lowest BCUT2D eigenvalue weighted by Crippen LogP contribution is -2.23. The number of unbranched alkanes of at least 4 members (excludes halogenated alkanes) is 4. The highest BCUT2D eigenvalue weighted by Gasteiger charge is 2.25. The van der Waals surface area contributed by atoms with Crippen LogP contribution in [0, 0.1) is 5.41 Å². The summed E-state index contributed by atoms with van der Waals surface area (Å²) >= 11 is 0. The molecule has 0 atom stereocenters. The van der Waals surface area contributed by atoms with Gasteiger partial charge in [-0.3, -0.25) is 9.59 Å². The molecule has 1 N–H and O–H groups in total. The lowest BCUT2D eigenvalue weighted by atomic mass is 9.87. The van der Waals surface area contributed by atoms with Gasteiger partial charge in [0, 0.05) is 20.0 Å². The van der Waals surface area contributed by atoms with E-state index >= 15 is 0 Å². The molecule has 0 aliphatic rings. The molecule has 0 aromatic carbocycles. The van der Waals surface area contributed by atoms with Crippen molar-refractivity contribution in [1.82, 2.24) is 0 Å². The lowest BCUT2D eigenvalue weighted by Gasteiger charge is -2.22. The summed E-state index contributed by atoms with van der Waals surface area (Å²) in [4.78, 5) is 22.8. The van der Waals surface area contributed by atoms with Gasteiger partial charge in [-0.1, -0.05) is 25.7 Å². The van der Waals surface area contributed by atoms with Gasteiger partial charge >= 0.3 is 5.97 Å². The molecule has 0 aromatic rings. The maximum absolute atomic E-state index is 11.8. The molecule has 4 nitrogen and oxygen atoms in total. The first kappa shape index (κ1) is 22.1. The van der Waals surface area contributed by atoms with Crippen LogP contribution in [0.4, 0.5) is 0 Å². The van der Waals surface area contributed by atoms with E-state index in [9.17, 15) is 9.59 Å². The zero-order valence-corrected chi connectivity index (χ0v) is 15.7. The van der Waals surface area contributed by atoms with Gasteiger partial charge in [0.1, 0.15) is 5.78 Å². The zero-order chi connectivity index (χ0) is 17.9.